The number of anilines is 1. The maximum atomic E-state index is 12.2. The summed E-state index contributed by atoms with van der Waals surface area (Å²) in [6.07, 6.45) is -0.385. The van der Waals surface area contributed by atoms with Crippen LogP contribution in [0.15, 0.2) is 12.1 Å². The molecule has 1 spiro atoms. The molecule has 0 saturated carbocycles. The molecule has 0 aromatic heterocycles. The molecule has 26 heavy (non-hydrogen) atoms. The van der Waals surface area contributed by atoms with Gasteiger partial charge in [-0.3, -0.25) is 10.1 Å². The Balaban J connectivity index is 1.82. The number of fused-ring (bicyclic) bond motifs is 1. The molecule has 3 rings (SSSR count). The molecular weight excluding hydrogens is 340 g/mol. The lowest BCUT2D eigenvalue weighted by atomic mass is 9.87. The van der Waals surface area contributed by atoms with E-state index in [2.05, 4.69) is 0 Å². The Morgan fingerprint density at radius 2 is 2.08 bits per heavy atom. The molecule has 0 unspecified atom stereocenters. The summed E-state index contributed by atoms with van der Waals surface area (Å²) in [4.78, 5) is 26.2. The lowest BCUT2D eigenvalue weighted by molar-refractivity contribution is -0.385. The summed E-state index contributed by atoms with van der Waals surface area (Å²) in [5.74, 6) is 0.213. The first-order valence-corrected chi connectivity index (χ1v) is 8.14. The lowest BCUT2D eigenvalue weighted by Gasteiger charge is -2.56. The number of nitro groups is 1. The van der Waals surface area contributed by atoms with E-state index in [-0.39, 0.29) is 29.7 Å². The van der Waals surface area contributed by atoms with E-state index in [9.17, 15) is 20.2 Å². The molecule has 0 atom stereocenters. The van der Waals surface area contributed by atoms with Gasteiger partial charge in [-0.2, -0.15) is 5.26 Å². The van der Waals surface area contributed by atoms with Crippen molar-refractivity contribution in [1.82, 2.24) is 4.90 Å². The van der Waals surface area contributed by atoms with Crippen molar-refractivity contribution < 1.29 is 19.2 Å². The van der Waals surface area contributed by atoms with Gasteiger partial charge in [-0.1, -0.05) is 0 Å². The monoisotopic (exact) mass is 360 g/mol. The normalized spacial score (nSPS) is 17.7. The van der Waals surface area contributed by atoms with E-state index in [4.69, 9.17) is 9.47 Å². The first-order valence-electron chi connectivity index (χ1n) is 8.14. The molecule has 1 aromatic rings. The highest BCUT2D eigenvalue weighted by molar-refractivity contribution is 5.75. The number of likely N-dealkylation sites (N-methyl/N-ethyl adjacent to an activating group) is 1. The maximum absolute atomic E-state index is 12.2. The number of rotatable bonds is 1. The Labute approximate surface area is 150 Å². The van der Waals surface area contributed by atoms with E-state index in [0.717, 1.165) is 0 Å². The smallest absolute Gasteiger partial charge is 0.410 e. The van der Waals surface area contributed by atoms with E-state index >= 15 is 0 Å². The SMILES string of the molecule is CN1c2ccc([N+](=O)[O-])c(C#N)c2OCC12CN(C(=O)OC(C)(C)C)C2. The molecular formula is C17H20N4O5. The molecule has 0 radical (unpaired) electrons. The highest BCUT2D eigenvalue weighted by Gasteiger charge is 2.53. The van der Waals surface area contributed by atoms with Crippen molar-refractivity contribution >= 4 is 17.5 Å². The molecule has 0 bridgehead atoms. The average Bonchev–Trinajstić information content (AvgIpc) is 2.50. The first-order chi connectivity index (χ1) is 12.1. The van der Waals surface area contributed by atoms with E-state index in [1.807, 2.05) is 38.8 Å². The van der Waals surface area contributed by atoms with Crippen LogP contribution < -0.4 is 9.64 Å². The van der Waals surface area contributed by atoms with E-state index in [1.54, 1.807) is 11.0 Å². The van der Waals surface area contributed by atoms with Crippen molar-refractivity contribution in [3.05, 3.63) is 27.8 Å². The third-order valence-electron chi connectivity index (χ3n) is 4.60. The predicted octanol–water partition coefficient (Wildman–Crippen LogP) is 2.28. The molecule has 0 N–H and O–H groups in total. The largest absolute Gasteiger partial charge is 0.487 e. The third-order valence-corrected chi connectivity index (χ3v) is 4.60. The number of nitrogens with zero attached hydrogens (tertiary/aromatic N) is 4. The number of hydrogen-bond acceptors (Lipinski definition) is 7. The molecule has 9 nitrogen and oxygen atoms in total. The second-order valence-corrected chi connectivity index (χ2v) is 7.59. The van der Waals surface area contributed by atoms with Gasteiger partial charge in [0.15, 0.2) is 11.3 Å². The second kappa shape index (κ2) is 5.76. The standard InChI is InChI=1S/C17H20N4O5/c1-16(2,3)26-15(22)20-8-17(9-20)10-25-14-11(7-18)12(21(23)24)5-6-13(14)19(17)4/h5-6H,8-10H2,1-4H3. The molecule has 1 amide bonds. The van der Waals surface area contributed by atoms with Gasteiger partial charge in [0.2, 0.25) is 0 Å². The minimum Gasteiger partial charge on any atom is -0.487 e. The summed E-state index contributed by atoms with van der Waals surface area (Å²) >= 11 is 0. The van der Waals surface area contributed by atoms with Crippen molar-refractivity contribution in [3.8, 4) is 11.8 Å². The Kier molecular flexibility index (Phi) is 3.94. The fourth-order valence-electron chi connectivity index (χ4n) is 3.21. The summed E-state index contributed by atoms with van der Waals surface area (Å²) in [5, 5.41) is 20.4. The zero-order chi connectivity index (χ0) is 19.3. The van der Waals surface area contributed by atoms with Gasteiger partial charge in [0.25, 0.3) is 5.69 Å². The van der Waals surface area contributed by atoms with Gasteiger partial charge in [-0.05, 0) is 26.8 Å². The predicted molar refractivity (Wildman–Crippen MR) is 92.2 cm³/mol. The summed E-state index contributed by atoms with van der Waals surface area (Å²) < 4.78 is 11.1. The van der Waals surface area contributed by atoms with Crippen molar-refractivity contribution in [2.24, 2.45) is 0 Å². The van der Waals surface area contributed by atoms with E-state index in [0.29, 0.717) is 18.8 Å². The topological polar surface area (TPSA) is 109 Å². The van der Waals surface area contributed by atoms with Gasteiger partial charge >= 0.3 is 6.09 Å². The number of nitro benzene ring substituents is 1. The van der Waals surface area contributed by atoms with Crippen LogP contribution >= 0.6 is 0 Å². The van der Waals surface area contributed by atoms with Gasteiger partial charge < -0.3 is 19.3 Å². The summed E-state index contributed by atoms with van der Waals surface area (Å²) in [6.45, 7) is 6.48. The minimum absolute atomic E-state index is 0.0856. The zero-order valence-electron chi connectivity index (χ0n) is 15.1. The second-order valence-electron chi connectivity index (χ2n) is 7.59. The fraction of sp³-hybridized carbons (Fsp3) is 0.529. The lowest BCUT2D eigenvalue weighted by Crippen LogP contribution is -2.74. The molecule has 1 saturated heterocycles. The van der Waals surface area contributed by atoms with Crippen LogP contribution in [0.3, 0.4) is 0 Å². The van der Waals surface area contributed by atoms with Crippen LogP contribution in [0.25, 0.3) is 0 Å². The highest BCUT2D eigenvalue weighted by atomic mass is 16.6. The molecule has 2 aliphatic heterocycles. The Morgan fingerprint density at radius 3 is 2.62 bits per heavy atom. The zero-order valence-corrected chi connectivity index (χ0v) is 15.1. The van der Waals surface area contributed by atoms with Crippen LogP contribution in [0, 0.1) is 21.4 Å². The fourth-order valence-corrected chi connectivity index (χ4v) is 3.21. The molecule has 138 valence electrons. The van der Waals surface area contributed by atoms with Crippen molar-refractivity contribution in [2.75, 3.05) is 31.6 Å². The molecule has 0 aliphatic carbocycles. The highest BCUT2D eigenvalue weighted by Crippen LogP contribution is 2.45. The van der Waals surface area contributed by atoms with Gasteiger partial charge in [-0.25, -0.2) is 4.79 Å². The number of likely N-dealkylation sites (tertiary alicyclic amines) is 1. The van der Waals surface area contributed by atoms with Crippen molar-refractivity contribution in [2.45, 2.75) is 31.9 Å². The summed E-state index contributed by atoms with van der Waals surface area (Å²) in [5.41, 5.74) is -0.770. The minimum atomic E-state index is -0.597. The average molecular weight is 360 g/mol. The van der Waals surface area contributed by atoms with Crippen molar-refractivity contribution in [1.29, 1.82) is 5.26 Å². The molecule has 2 heterocycles. The molecule has 1 fully saturated rings. The number of ether oxygens (including phenoxy) is 2. The molecule has 1 aromatic carbocycles. The van der Waals surface area contributed by atoms with Crippen LogP contribution in [-0.2, 0) is 4.74 Å². The third kappa shape index (κ3) is 2.77. The maximum Gasteiger partial charge on any atom is 0.410 e. The van der Waals surface area contributed by atoms with Crippen LogP contribution in [-0.4, -0.2) is 53.8 Å². The van der Waals surface area contributed by atoms with Crippen molar-refractivity contribution in [3.63, 3.8) is 0 Å². The Morgan fingerprint density at radius 1 is 1.42 bits per heavy atom. The van der Waals surface area contributed by atoms with Gasteiger partial charge in [0.1, 0.15) is 23.8 Å². The van der Waals surface area contributed by atoms with Crippen LogP contribution in [0.4, 0.5) is 16.2 Å². The molecule has 2 aliphatic rings. The number of hydrogen-bond donors (Lipinski definition) is 0. The summed E-state index contributed by atoms with van der Waals surface area (Å²) in [7, 11) is 1.83. The van der Waals surface area contributed by atoms with Crippen LogP contribution in [0.2, 0.25) is 0 Å². The Hall–Kier alpha value is -3.02. The number of benzene rings is 1. The van der Waals surface area contributed by atoms with Gasteiger partial charge in [0, 0.05) is 13.1 Å². The number of nitriles is 1. The van der Waals surface area contributed by atoms with Crippen LogP contribution in [0.1, 0.15) is 26.3 Å². The quantitative estimate of drug-likeness (QED) is 0.558. The van der Waals surface area contributed by atoms with E-state index < -0.39 is 16.1 Å². The van der Waals surface area contributed by atoms with E-state index in [1.165, 1.54) is 6.07 Å². The number of carbonyl (C=O) groups is 1. The van der Waals surface area contributed by atoms with Crippen LogP contribution in [0.5, 0.6) is 5.75 Å². The first kappa shape index (κ1) is 17.8. The van der Waals surface area contributed by atoms with Gasteiger partial charge in [-0.15, -0.1) is 0 Å². The van der Waals surface area contributed by atoms with Gasteiger partial charge in [0.05, 0.1) is 23.7 Å². The Bertz CT molecular complexity index is 818. The number of carbonyl (C=O) groups excluding carboxylic acids is 1. The molecule has 9 heteroatoms. The summed E-state index contributed by atoms with van der Waals surface area (Å²) in [6, 6.07) is 4.74. The number of amides is 1.